The van der Waals surface area contributed by atoms with Crippen molar-refractivity contribution in [1.82, 2.24) is 0 Å². The first-order chi connectivity index (χ1) is 48.9. The molecule has 13 rings (SSSR count). The van der Waals surface area contributed by atoms with Crippen molar-refractivity contribution in [1.29, 1.82) is 0 Å². The highest BCUT2D eigenvalue weighted by Gasteiger charge is 2.58. The van der Waals surface area contributed by atoms with Gasteiger partial charge >= 0.3 is 0 Å². The molecule has 10 aromatic carbocycles. The Kier molecular flexibility index (Phi) is 23.0. The average molecular weight is 1300 g/mol. The fourth-order valence-corrected chi connectivity index (χ4v) is 19.0. The van der Waals surface area contributed by atoms with E-state index in [0.717, 1.165) is 0 Å². The fraction of sp³-hybridized carbons (Fsp3) is 0.394. The van der Waals surface area contributed by atoms with Crippen molar-refractivity contribution >= 4 is 0 Å². The molecule has 3 aliphatic carbocycles. The molecule has 0 heteroatoms. The molecule has 0 nitrogen and oxygen atoms in total. The number of fused-ring (bicyclic) bond motifs is 12. The monoisotopic (exact) mass is 1300 g/mol. The number of hydrogen-bond acceptors (Lipinski definition) is 0. The quantitative estimate of drug-likeness (QED) is 0.0343. The molecule has 0 saturated heterocycles. The maximum atomic E-state index is 2.81. The molecule has 0 heterocycles. The Morgan fingerprint density at radius 2 is 0.485 bits per heavy atom. The van der Waals surface area contributed by atoms with E-state index in [1.54, 1.807) is 66.8 Å². The summed E-state index contributed by atoms with van der Waals surface area (Å²) < 4.78 is 0. The summed E-state index contributed by atoms with van der Waals surface area (Å²) in [7, 11) is 0. The van der Waals surface area contributed by atoms with Crippen LogP contribution in [0.25, 0.3) is 100 Å². The van der Waals surface area contributed by atoms with Gasteiger partial charge in [0.15, 0.2) is 0 Å². The first-order valence-electron chi connectivity index (χ1n) is 40.0. The summed E-state index contributed by atoms with van der Waals surface area (Å²) in [6, 6.07) is 86.2. The molecule has 0 saturated carbocycles. The van der Waals surface area contributed by atoms with E-state index >= 15 is 0 Å². The van der Waals surface area contributed by atoms with Gasteiger partial charge < -0.3 is 0 Å². The van der Waals surface area contributed by atoms with Crippen molar-refractivity contribution in [2.24, 2.45) is 0 Å². The number of hydrogen-bond donors (Lipinski definition) is 0. The van der Waals surface area contributed by atoms with Gasteiger partial charge in [0.25, 0.3) is 0 Å². The third-order valence-corrected chi connectivity index (χ3v) is 24.1. The van der Waals surface area contributed by atoms with Gasteiger partial charge in [-0.25, -0.2) is 0 Å². The van der Waals surface area contributed by atoms with E-state index in [-0.39, 0.29) is 16.2 Å². The molecule has 3 aliphatic rings. The lowest BCUT2D eigenvalue weighted by atomic mass is 9.63. The van der Waals surface area contributed by atoms with Gasteiger partial charge in [0.05, 0.1) is 0 Å². The van der Waals surface area contributed by atoms with Crippen LogP contribution < -0.4 is 0 Å². The van der Waals surface area contributed by atoms with Gasteiger partial charge in [-0.1, -0.05) is 402 Å². The van der Waals surface area contributed by atoms with E-state index in [2.05, 4.69) is 260 Å². The Hall–Kier alpha value is -7.80. The van der Waals surface area contributed by atoms with Gasteiger partial charge in [-0.2, -0.15) is 0 Å². The molecule has 0 spiro atoms. The van der Waals surface area contributed by atoms with Crippen molar-refractivity contribution in [3.05, 3.63) is 252 Å². The Morgan fingerprint density at radius 3 is 0.879 bits per heavy atom. The summed E-state index contributed by atoms with van der Waals surface area (Å²) in [5.41, 5.74) is 34.9. The standard InChI is InChI=1S/C99H114/c1-7-13-19-34-65-97(66-35-20-14-8-2)87-64-62-82(79-53-49-76(50-54-79)73-41-28-25-29-42-73)71-86(87)92-94-91(85-63-61-83(80-55-51-77(52-56-80)74-43-30-26-31-44-74)72-89(85)99(94,69-38-23-17-11-5)70-39-24-18-12-6)95-93(96(92)97)90-84(81-59-57-78(58-60-81)75-45-32-27-33-46-75)47-40-48-88(90)98(95,67-36-21-15-9-3)68-37-22-16-10-4/h25-33,40-64,71-72H,7-24,34-39,65-70H2,1-6H3. The number of unbranched alkanes of at least 4 members (excludes halogenated alkanes) is 18. The van der Waals surface area contributed by atoms with Crippen molar-refractivity contribution in [2.45, 2.75) is 250 Å². The van der Waals surface area contributed by atoms with Crippen molar-refractivity contribution in [3.63, 3.8) is 0 Å². The van der Waals surface area contributed by atoms with Gasteiger partial charge in [0.1, 0.15) is 0 Å². The molecule has 10 aromatic rings. The normalized spacial score (nSPS) is 14.0. The number of benzene rings is 10. The molecule has 0 amide bonds. The van der Waals surface area contributed by atoms with E-state index in [1.807, 2.05) is 0 Å². The zero-order valence-corrected chi connectivity index (χ0v) is 61.5. The van der Waals surface area contributed by atoms with Crippen LogP contribution in [0.3, 0.4) is 0 Å². The minimum absolute atomic E-state index is 0.189. The minimum atomic E-state index is -0.211. The van der Waals surface area contributed by atoms with Crippen molar-refractivity contribution in [3.8, 4) is 100 Å². The predicted molar refractivity (Wildman–Crippen MR) is 430 cm³/mol. The van der Waals surface area contributed by atoms with Crippen LogP contribution >= 0.6 is 0 Å². The van der Waals surface area contributed by atoms with Crippen LogP contribution in [-0.4, -0.2) is 0 Å². The van der Waals surface area contributed by atoms with E-state index in [1.165, 1.54) is 259 Å². The van der Waals surface area contributed by atoms with Crippen LogP contribution in [0.2, 0.25) is 0 Å². The summed E-state index contributed by atoms with van der Waals surface area (Å²) >= 11 is 0. The van der Waals surface area contributed by atoms with Crippen molar-refractivity contribution in [2.75, 3.05) is 0 Å². The van der Waals surface area contributed by atoms with Crippen LogP contribution in [0, 0.1) is 0 Å². The third kappa shape index (κ3) is 14.0. The minimum Gasteiger partial charge on any atom is -0.0654 e. The van der Waals surface area contributed by atoms with Crippen molar-refractivity contribution < 1.29 is 0 Å². The maximum absolute atomic E-state index is 2.81. The first kappa shape index (κ1) is 69.7. The maximum Gasteiger partial charge on any atom is 0.0221 e. The molecular formula is C99H114. The van der Waals surface area contributed by atoms with E-state index in [0.29, 0.717) is 0 Å². The second kappa shape index (κ2) is 32.7. The highest BCUT2D eigenvalue weighted by molar-refractivity contribution is 6.08. The lowest BCUT2D eigenvalue weighted by molar-refractivity contribution is 0.389. The predicted octanol–water partition coefficient (Wildman–Crippen LogP) is 30.3. The molecular weight excluding hydrogens is 1190 g/mol. The summed E-state index contributed by atoms with van der Waals surface area (Å²) in [4.78, 5) is 0. The molecule has 0 aliphatic heterocycles. The molecule has 0 radical (unpaired) electrons. The van der Waals surface area contributed by atoms with Crippen LogP contribution in [0.4, 0.5) is 0 Å². The lowest BCUT2D eigenvalue weighted by Crippen LogP contribution is -2.31. The van der Waals surface area contributed by atoms with Gasteiger partial charge in [-0.3, -0.25) is 0 Å². The van der Waals surface area contributed by atoms with Gasteiger partial charge in [-0.05, 0) is 184 Å². The molecule has 510 valence electrons. The Bertz CT molecular complexity index is 4200. The van der Waals surface area contributed by atoms with Crippen LogP contribution in [-0.2, 0) is 16.2 Å². The van der Waals surface area contributed by atoms with E-state index in [9.17, 15) is 0 Å². The molecule has 0 bridgehead atoms. The molecule has 0 N–H and O–H groups in total. The molecule has 0 atom stereocenters. The zero-order chi connectivity index (χ0) is 68.0. The third-order valence-electron chi connectivity index (χ3n) is 24.1. The summed E-state index contributed by atoms with van der Waals surface area (Å²) in [6.07, 6.45) is 37.1. The van der Waals surface area contributed by atoms with E-state index in [4.69, 9.17) is 0 Å². The summed E-state index contributed by atoms with van der Waals surface area (Å²) in [6.45, 7) is 14.5. The fourth-order valence-electron chi connectivity index (χ4n) is 19.0. The Balaban J connectivity index is 1.19. The Morgan fingerprint density at radius 1 is 0.182 bits per heavy atom. The lowest BCUT2D eigenvalue weighted by Gasteiger charge is -2.40. The topological polar surface area (TPSA) is 0 Å². The van der Waals surface area contributed by atoms with Gasteiger partial charge in [-0.15, -0.1) is 0 Å². The molecule has 0 fully saturated rings. The first-order valence-corrected chi connectivity index (χ1v) is 40.0. The van der Waals surface area contributed by atoms with Gasteiger partial charge in [0, 0.05) is 16.2 Å². The molecule has 99 heavy (non-hydrogen) atoms. The van der Waals surface area contributed by atoms with Crippen LogP contribution in [0.5, 0.6) is 0 Å². The number of rotatable bonds is 36. The largest absolute Gasteiger partial charge is 0.0654 e. The molecule has 0 aromatic heterocycles. The van der Waals surface area contributed by atoms with Crippen LogP contribution in [0.1, 0.15) is 268 Å². The van der Waals surface area contributed by atoms with Crippen LogP contribution in [0.15, 0.2) is 218 Å². The summed E-state index contributed by atoms with van der Waals surface area (Å²) in [5, 5.41) is 0. The highest BCUT2D eigenvalue weighted by Crippen LogP contribution is 2.72. The van der Waals surface area contributed by atoms with E-state index < -0.39 is 0 Å². The van der Waals surface area contributed by atoms with Gasteiger partial charge in [0.2, 0.25) is 0 Å². The average Bonchev–Trinajstić information content (AvgIpc) is 1.48. The Labute approximate surface area is 598 Å². The molecule has 0 unspecified atom stereocenters. The second-order valence-corrected chi connectivity index (χ2v) is 30.4. The smallest absolute Gasteiger partial charge is 0.0221 e. The zero-order valence-electron chi connectivity index (χ0n) is 61.5. The SMILES string of the molecule is CCCCCCC1(CCCCCC)c2cc(-c3ccc(-c4ccccc4)cc3)ccc2-c2c1c1c(c3c2C(CCCCCC)(CCCCCC)c2cccc(-c4ccc(-c5ccccc5)cc4)c2-3)C(CCCCCC)(CCCCCC)c2ccc(-c3ccc(-c4ccccc4)cc3)cc2-1. The summed E-state index contributed by atoms with van der Waals surface area (Å²) in [5.74, 6) is 0. The highest BCUT2D eigenvalue weighted by atomic mass is 14.6. The second-order valence-electron chi connectivity index (χ2n) is 30.4.